The Labute approximate surface area is 132 Å². The number of hydrogen-bond acceptors (Lipinski definition) is 4. The van der Waals surface area contributed by atoms with E-state index in [9.17, 15) is 0 Å². The second kappa shape index (κ2) is 5.38. The molecule has 3 rings (SSSR count). The van der Waals surface area contributed by atoms with Crippen molar-refractivity contribution in [1.82, 2.24) is 9.97 Å². The number of halogens is 2. The monoisotopic (exact) mass is 392 g/mol. The fourth-order valence-electron chi connectivity index (χ4n) is 1.89. The molecule has 1 aromatic heterocycles. The Kier molecular flexibility index (Phi) is 3.58. The Morgan fingerprint density at radius 3 is 2.70 bits per heavy atom. The SMILES string of the molecule is Nc1ccc2c(Nc3cc(Br)ccc3Br)ncnc2c1. The number of rotatable bonds is 2. The molecule has 100 valence electrons. The standard InChI is InChI=1S/C14H10Br2N4/c15-8-1-4-11(16)13(5-8)20-14-10-3-2-9(17)6-12(10)18-7-19-14/h1-7H,17H2,(H,18,19,20). The van der Waals surface area contributed by atoms with E-state index in [1.165, 1.54) is 6.33 Å². The number of fused-ring (bicyclic) bond motifs is 1. The van der Waals surface area contributed by atoms with E-state index in [2.05, 4.69) is 47.1 Å². The van der Waals surface area contributed by atoms with Crippen LogP contribution in [0.15, 0.2) is 51.7 Å². The summed E-state index contributed by atoms with van der Waals surface area (Å²) in [6, 6.07) is 11.5. The Hall–Kier alpha value is -1.66. The quantitative estimate of drug-likeness (QED) is 0.630. The topological polar surface area (TPSA) is 63.8 Å². The van der Waals surface area contributed by atoms with Crippen LogP contribution in [0.4, 0.5) is 17.2 Å². The van der Waals surface area contributed by atoms with Crippen molar-refractivity contribution in [3.63, 3.8) is 0 Å². The molecule has 0 saturated carbocycles. The lowest BCUT2D eigenvalue weighted by Gasteiger charge is -2.10. The Balaban J connectivity index is 2.09. The van der Waals surface area contributed by atoms with E-state index in [1.807, 2.05) is 36.4 Å². The molecule has 0 aliphatic heterocycles. The smallest absolute Gasteiger partial charge is 0.141 e. The third kappa shape index (κ3) is 2.62. The molecule has 0 amide bonds. The molecular weight excluding hydrogens is 384 g/mol. The second-order valence-corrected chi connectivity index (χ2v) is 6.02. The first-order valence-corrected chi connectivity index (χ1v) is 7.44. The van der Waals surface area contributed by atoms with Gasteiger partial charge in [-0.1, -0.05) is 15.9 Å². The van der Waals surface area contributed by atoms with Gasteiger partial charge in [-0.25, -0.2) is 9.97 Å². The normalized spacial score (nSPS) is 10.7. The first kappa shape index (κ1) is 13.3. The van der Waals surface area contributed by atoms with Crippen molar-refractivity contribution in [3.05, 3.63) is 51.7 Å². The minimum atomic E-state index is 0.686. The maximum Gasteiger partial charge on any atom is 0.141 e. The predicted octanol–water partition coefficient (Wildman–Crippen LogP) is 4.48. The molecule has 0 saturated heterocycles. The molecule has 0 fully saturated rings. The van der Waals surface area contributed by atoms with Gasteiger partial charge in [-0.3, -0.25) is 0 Å². The molecule has 1 heterocycles. The zero-order chi connectivity index (χ0) is 14.1. The lowest BCUT2D eigenvalue weighted by atomic mass is 10.2. The summed E-state index contributed by atoms with van der Waals surface area (Å²) in [5.41, 5.74) is 8.20. The Morgan fingerprint density at radius 1 is 1.00 bits per heavy atom. The molecule has 3 aromatic rings. The summed E-state index contributed by atoms with van der Waals surface area (Å²) in [4.78, 5) is 8.54. The molecule has 6 heteroatoms. The van der Waals surface area contributed by atoms with Crippen LogP contribution < -0.4 is 11.1 Å². The van der Waals surface area contributed by atoms with Crippen molar-refractivity contribution in [2.45, 2.75) is 0 Å². The van der Waals surface area contributed by atoms with E-state index >= 15 is 0 Å². The van der Waals surface area contributed by atoms with Gasteiger partial charge in [-0.05, 0) is 52.3 Å². The predicted molar refractivity (Wildman–Crippen MR) is 89.1 cm³/mol. The van der Waals surface area contributed by atoms with Gasteiger partial charge in [0.15, 0.2) is 0 Å². The van der Waals surface area contributed by atoms with Crippen LogP contribution in [-0.4, -0.2) is 9.97 Å². The first-order chi connectivity index (χ1) is 9.63. The average Bonchev–Trinajstić information content (AvgIpc) is 2.43. The molecule has 0 spiro atoms. The highest BCUT2D eigenvalue weighted by Gasteiger charge is 2.07. The van der Waals surface area contributed by atoms with Crippen molar-refractivity contribution in [1.29, 1.82) is 0 Å². The van der Waals surface area contributed by atoms with E-state index in [0.29, 0.717) is 5.69 Å². The zero-order valence-electron chi connectivity index (χ0n) is 10.3. The van der Waals surface area contributed by atoms with Gasteiger partial charge in [0.05, 0.1) is 11.2 Å². The lowest BCUT2D eigenvalue weighted by molar-refractivity contribution is 1.22. The summed E-state index contributed by atoms with van der Waals surface area (Å²) in [5, 5.41) is 4.23. The lowest BCUT2D eigenvalue weighted by Crippen LogP contribution is -1.97. The van der Waals surface area contributed by atoms with E-state index in [4.69, 9.17) is 5.73 Å². The minimum absolute atomic E-state index is 0.686. The fraction of sp³-hybridized carbons (Fsp3) is 0. The van der Waals surface area contributed by atoms with Gasteiger partial charge < -0.3 is 11.1 Å². The van der Waals surface area contributed by atoms with E-state index in [-0.39, 0.29) is 0 Å². The van der Waals surface area contributed by atoms with Crippen LogP contribution in [0, 0.1) is 0 Å². The summed E-state index contributed by atoms with van der Waals surface area (Å²) < 4.78 is 1.95. The third-order valence-corrected chi connectivity index (χ3v) is 4.03. The zero-order valence-corrected chi connectivity index (χ0v) is 13.4. The molecule has 0 aliphatic carbocycles. The van der Waals surface area contributed by atoms with E-state index < -0.39 is 0 Å². The number of nitrogens with two attached hydrogens (primary N) is 1. The van der Waals surface area contributed by atoms with Crippen molar-refractivity contribution in [2.24, 2.45) is 0 Å². The van der Waals surface area contributed by atoms with Crippen LogP contribution in [0.25, 0.3) is 10.9 Å². The van der Waals surface area contributed by atoms with Crippen LogP contribution in [0.2, 0.25) is 0 Å². The summed E-state index contributed by atoms with van der Waals surface area (Å²) in [6.45, 7) is 0. The van der Waals surface area contributed by atoms with Crippen molar-refractivity contribution < 1.29 is 0 Å². The van der Waals surface area contributed by atoms with Crippen molar-refractivity contribution in [3.8, 4) is 0 Å². The molecule has 0 atom stereocenters. The Bertz CT molecular complexity index is 789. The number of hydrogen-bond donors (Lipinski definition) is 2. The molecular formula is C14H10Br2N4. The second-order valence-electron chi connectivity index (χ2n) is 4.25. The van der Waals surface area contributed by atoms with Gasteiger partial charge in [-0.15, -0.1) is 0 Å². The van der Waals surface area contributed by atoms with Crippen molar-refractivity contribution >= 4 is 60.0 Å². The molecule has 0 bridgehead atoms. The van der Waals surface area contributed by atoms with Crippen LogP contribution >= 0.6 is 31.9 Å². The average molecular weight is 394 g/mol. The van der Waals surface area contributed by atoms with Crippen LogP contribution in [-0.2, 0) is 0 Å². The van der Waals surface area contributed by atoms with Gasteiger partial charge >= 0.3 is 0 Å². The van der Waals surface area contributed by atoms with E-state index in [1.54, 1.807) is 0 Å². The van der Waals surface area contributed by atoms with Gasteiger partial charge in [0, 0.05) is 20.0 Å². The number of anilines is 3. The maximum absolute atomic E-state index is 5.78. The number of nitrogen functional groups attached to an aromatic ring is 1. The minimum Gasteiger partial charge on any atom is -0.399 e. The van der Waals surface area contributed by atoms with Crippen molar-refractivity contribution in [2.75, 3.05) is 11.1 Å². The first-order valence-electron chi connectivity index (χ1n) is 5.86. The molecule has 2 aromatic carbocycles. The van der Waals surface area contributed by atoms with Crippen LogP contribution in [0.5, 0.6) is 0 Å². The highest BCUT2D eigenvalue weighted by Crippen LogP contribution is 2.30. The highest BCUT2D eigenvalue weighted by atomic mass is 79.9. The number of nitrogens with one attached hydrogen (secondary N) is 1. The Morgan fingerprint density at radius 2 is 1.85 bits per heavy atom. The van der Waals surface area contributed by atoms with Gasteiger partial charge in [0.25, 0.3) is 0 Å². The molecule has 0 radical (unpaired) electrons. The summed E-state index contributed by atoms with van der Waals surface area (Å²) >= 11 is 6.98. The maximum atomic E-state index is 5.78. The molecule has 0 aliphatic rings. The summed E-state index contributed by atoms with van der Waals surface area (Å²) in [6.07, 6.45) is 1.52. The van der Waals surface area contributed by atoms with Crippen LogP contribution in [0.1, 0.15) is 0 Å². The molecule has 3 N–H and O–H groups in total. The molecule has 0 unspecified atom stereocenters. The third-order valence-electron chi connectivity index (χ3n) is 2.84. The van der Waals surface area contributed by atoms with Crippen LogP contribution in [0.3, 0.4) is 0 Å². The summed E-state index contributed by atoms with van der Waals surface area (Å²) in [5.74, 6) is 0.744. The van der Waals surface area contributed by atoms with Gasteiger partial charge in [0.1, 0.15) is 12.1 Å². The fourth-order valence-corrected chi connectivity index (χ4v) is 2.60. The number of aromatic nitrogens is 2. The molecule has 20 heavy (non-hydrogen) atoms. The highest BCUT2D eigenvalue weighted by molar-refractivity contribution is 9.11. The number of nitrogens with zero attached hydrogens (tertiary/aromatic N) is 2. The van der Waals surface area contributed by atoms with E-state index in [0.717, 1.165) is 31.4 Å². The van der Waals surface area contributed by atoms with Gasteiger partial charge in [-0.2, -0.15) is 0 Å². The number of benzene rings is 2. The van der Waals surface area contributed by atoms with Gasteiger partial charge in [0.2, 0.25) is 0 Å². The largest absolute Gasteiger partial charge is 0.399 e. The molecule has 4 nitrogen and oxygen atoms in total. The summed E-state index contributed by atoms with van der Waals surface area (Å²) in [7, 11) is 0.